The molecule has 1 aliphatic rings. The summed E-state index contributed by atoms with van der Waals surface area (Å²) >= 11 is 3.35. The van der Waals surface area contributed by atoms with Gasteiger partial charge in [0.25, 0.3) is 0 Å². The second-order valence-electron chi connectivity index (χ2n) is 3.72. The number of nitrogens with zero attached hydrogens (tertiary/aromatic N) is 3. The molecule has 1 fully saturated rings. The Morgan fingerprint density at radius 1 is 1.60 bits per heavy atom. The van der Waals surface area contributed by atoms with Crippen molar-refractivity contribution < 1.29 is 5.21 Å². The molecule has 15 heavy (non-hydrogen) atoms. The summed E-state index contributed by atoms with van der Waals surface area (Å²) in [6, 6.07) is 0.363. The highest BCUT2D eigenvalue weighted by atomic mass is 79.9. The van der Waals surface area contributed by atoms with Crippen LogP contribution in [-0.4, -0.2) is 21.0 Å². The topological polar surface area (TPSA) is 76.4 Å². The first-order valence-corrected chi connectivity index (χ1v) is 5.66. The third-order valence-corrected chi connectivity index (χ3v) is 3.58. The molecule has 6 heteroatoms. The first kappa shape index (κ1) is 10.5. The molecular weight excluding hydrogens is 260 g/mol. The van der Waals surface area contributed by atoms with E-state index < -0.39 is 0 Å². The van der Waals surface area contributed by atoms with Gasteiger partial charge in [-0.1, -0.05) is 0 Å². The molecule has 3 N–H and O–H groups in total. The molecule has 82 valence electrons. The maximum absolute atomic E-state index is 9.47. The molecule has 0 spiro atoms. The van der Waals surface area contributed by atoms with Crippen molar-refractivity contribution >= 4 is 21.9 Å². The van der Waals surface area contributed by atoms with E-state index in [1.54, 1.807) is 6.92 Å². The monoisotopic (exact) mass is 272 g/mol. The zero-order valence-electron chi connectivity index (χ0n) is 8.44. The summed E-state index contributed by atoms with van der Waals surface area (Å²) in [6.07, 6.45) is 3.45. The van der Waals surface area contributed by atoms with Crippen molar-refractivity contribution in [3.63, 3.8) is 0 Å². The Kier molecular flexibility index (Phi) is 2.68. The van der Waals surface area contributed by atoms with E-state index in [9.17, 15) is 5.21 Å². The van der Waals surface area contributed by atoms with Gasteiger partial charge in [0.15, 0.2) is 5.49 Å². The molecule has 1 aromatic rings. The van der Waals surface area contributed by atoms with Crippen molar-refractivity contribution in [2.45, 2.75) is 32.2 Å². The zero-order chi connectivity index (χ0) is 11.0. The molecule has 0 aliphatic heterocycles. The summed E-state index contributed by atoms with van der Waals surface area (Å²) in [5, 5.41) is 9.47. The summed E-state index contributed by atoms with van der Waals surface area (Å²) in [6.45, 7) is 1.75. The van der Waals surface area contributed by atoms with E-state index >= 15 is 0 Å². The minimum absolute atomic E-state index is 0.0637. The Morgan fingerprint density at radius 2 is 2.27 bits per heavy atom. The standard InChI is InChI=1S/C9H13BrN4O/c1-5-7(10)8(12-6-3-2-4-6)13-9(11)14(5)15/h6,15H,2-4H2,1H3,(H2,11,12,13). The van der Waals surface area contributed by atoms with Crippen LogP contribution >= 0.6 is 15.9 Å². The third-order valence-electron chi connectivity index (χ3n) is 2.65. The number of nitrogens with two attached hydrogens (primary N) is 1. The number of hydrogen-bond acceptors (Lipinski definition) is 4. The summed E-state index contributed by atoms with van der Waals surface area (Å²) in [5.74, 6) is 0.0637. The van der Waals surface area contributed by atoms with Gasteiger partial charge in [-0.2, -0.15) is 9.71 Å². The number of hydrogen-bond donors (Lipinski definition) is 2. The Balaban J connectivity index is 2.51. The molecule has 0 unspecified atom stereocenters. The Hall–Kier alpha value is -1.04. The Morgan fingerprint density at radius 3 is 2.80 bits per heavy atom. The summed E-state index contributed by atoms with van der Waals surface area (Å²) in [7, 11) is 0. The van der Waals surface area contributed by atoms with Gasteiger partial charge in [-0.3, -0.25) is 4.99 Å². The van der Waals surface area contributed by atoms with Gasteiger partial charge in [0.2, 0.25) is 5.95 Å². The molecule has 2 rings (SSSR count). The van der Waals surface area contributed by atoms with Crippen LogP contribution in [-0.2, 0) is 0 Å². The van der Waals surface area contributed by atoms with Crippen molar-refractivity contribution in [3.05, 3.63) is 15.7 Å². The number of anilines is 1. The van der Waals surface area contributed by atoms with E-state index in [4.69, 9.17) is 5.73 Å². The maximum Gasteiger partial charge on any atom is 0.236 e. The highest BCUT2D eigenvalue weighted by Gasteiger charge is 2.17. The Bertz CT molecular complexity index is 450. The van der Waals surface area contributed by atoms with Crippen LogP contribution in [0, 0.1) is 6.92 Å². The van der Waals surface area contributed by atoms with Gasteiger partial charge in [-0.25, -0.2) is 0 Å². The second-order valence-corrected chi connectivity index (χ2v) is 4.51. The number of rotatable bonds is 1. The first-order chi connectivity index (χ1) is 7.09. The molecule has 0 bridgehead atoms. The molecule has 0 aromatic carbocycles. The highest BCUT2D eigenvalue weighted by molar-refractivity contribution is 9.10. The van der Waals surface area contributed by atoms with Gasteiger partial charge in [-0.05, 0) is 42.1 Å². The van der Waals surface area contributed by atoms with Crippen molar-refractivity contribution in [2.75, 3.05) is 5.73 Å². The fourth-order valence-corrected chi connectivity index (χ4v) is 1.76. The second kappa shape index (κ2) is 3.84. The zero-order valence-corrected chi connectivity index (χ0v) is 10.0. The molecule has 5 nitrogen and oxygen atoms in total. The lowest BCUT2D eigenvalue weighted by atomic mass is 9.94. The van der Waals surface area contributed by atoms with Crippen LogP contribution in [0.1, 0.15) is 25.0 Å². The summed E-state index contributed by atoms with van der Waals surface area (Å²) in [5.41, 5.74) is 6.74. The lowest BCUT2D eigenvalue weighted by Gasteiger charge is -2.20. The molecule has 0 radical (unpaired) electrons. The minimum atomic E-state index is 0.0637. The van der Waals surface area contributed by atoms with E-state index in [0.717, 1.165) is 17.6 Å². The normalized spacial score (nSPS) is 17.9. The minimum Gasteiger partial charge on any atom is -0.425 e. The van der Waals surface area contributed by atoms with Crippen LogP contribution in [0.15, 0.2) is 9.47 Å². The van der Waals surface area contributed by atoms with Crippen LogP contribution in [0.3, 0.4) is 0 Å². The molecule has 0 saturated heterocycles. The molecule has 0 amide bonds. The highest BCUT2D eigenvalue weighted by Crippen LogP contribution is 2.21. The molecule has 0 atom stereocenters. The molecular formula is C9H13BrN4O. The lowest BCUT2D eigenvalue weighted by Crippen LogP contribution is -2.25. The van der Waals surface area contributed by atoms with E-state index in [-0.39, 0.29) is 5.95 Å². The van der Waals surface area contributed by atoms with Crippen LogP contribution in [0.4, 0.5) is 5.95 Å². The van der Waals surface area contributed by atoms with Crippen molar-refractivity contribution in [1.82, 2.24) is 9.71 Å². The molecule has 1 aliphatic carbocycles. The van der Waals surface area contributed by atoms with Gasteiger partial charge < -0.3 is 10.9 Å². The van der Waals surface area contributed by atoms with E-state index in [1.807, 2.05) is 0 Å². The summed E-state index contributed by atoms with van der Waals surface area (Å²) < 4.78 is 1.55. The first-order valence-electron chi connectivity index (χ1n) is 4.87. The number of nitrogen functional groups attached to an aromatic ring is 1. The van der Waals surface area contributed by atoms with Gasteiger partial charge >= 0.3 is 0 Å². The lowest BCUT2D eigenvalue weighted by molar-refractivity contribution is 0.179. The predicted molar refractivity (Wildman–Crippen MR) is 59.5 cm³/mol. The van der Waals surface area contributed by atoms with Crippen molar-refractivity contribution in [2.24, 2.45) is 4.99 Å². The number of halogens is 1. The van der Waals surface area contributed by atoms with Gasteiger partial charge in [0.1, 0.15) is 0 Å². The van der Waals surface area contributed by atoms with Crippen LogP contribution in [0.25, 0.3) is 0 Å². The van der Waals surface area contributed by atoms with Gasteiger partial charge in [0, 0.05) is 0 Å². The maximum atomic E-state index is 9.47. The van der Waals surface area contributed by atoms with E-state index in [1.165, 1.54) is 6.42 Å². The smallest absolute Gasteiger partial charge is 0.236 e. The van der Waals surface area contributed by atoms with Crippen molar-refractivity contribution in [1.29, 1.82) is 0 Å². The molecule has 1 aromatic heterocycles. The summed E-state index contributed by atoms with van der Waals surface area (Å²) in [4.78, 5) is 8.50. The SMILES string of the molecule is Cc1c(Br)c(=NC2CCC2)nc(N)n1O. The van der Waals surface area contributed by atoms with E-state index in [2.05, 4.69) is 25.9 Å². The van der Waals surface area contributed by atoms with Crippen LogP contribution in [0.2, 0.25) is 0 Å². The van der Waals surface area contributed by atoms with Crippen molar-refractivity contribution in [3.8, 4) is 0 Å². The molecule has 1 saturated carbocycles. The quantitative estimate of drug-likeness (QED) is 0.755. The number of aromatic nitrogens is 2. The average Bonchev–Trinajstić information content (AvgIpc) is 2.15. The third kappa shape index (κ3) is 1.86. The van der Waals surface area contributed by atoms with Gasteiger partial charge in [0.05, 0.1) is 16.2 Å². The average molecular weight is 273 g/mol. The van der Waals surface area contributed by atoms with Crippen LogP contribution in [0.5, 0.6) is 0 Å². The van der Waals surface area contributed by atoms with Crippen LogP contribution < -0.4 is 11.2 Å². The largest absolute Gasteiger partial charge is 0.425 e. The fourth-order valence-electron chi connectivity index (χ4n) is 1.41. The van der Waals surface area contributed by atoms with Gasteiger partial charge in [-0.15, -0.1) is 0 Å². The van der Waals surface area contributed by atoms with E-state index in [0.29, 0.717) is 21.7 Å². The molecule has 1 heterocycles. The Labute approximate surface area is 95.8 Å². The predicted octanol–water partition coefficient (Wildman–Crippen LogP) is 1.23. The fraction of sp³-hybridized carbons (Fsp3) is 0.556.